The van der Waals surface area contributed by atoms with Gasteiger partial charge < -0.3 is 10.6 Å². The molecule has 0 aliphatic heterocycles. The van der Waals surface area contributed by atoms with E-state index in [9.17, 15) is 18.0 Å². The number of carbonyl (C=O) groups excluding carboxylic acids is 1. The smallest absolute Gasteiger partial charge is 0.306 e. The van der Waals surface area contributed by atoms with E-state index in [-0.39, 0.29) is 22.6 Å². The van der Waals surface area contributed by atoms with Gasteiger partial charge in [0, 0.05) is 5.56 Å². The van der Waals surface area contributed by atoms with Crippen molar-refractivity contribution in [1.82, 2.24) is 35.2 Å². The Morgan fingerprint density at radius 3 is 2.56 bits per heavy atom. The number of amides is 2. The van der Waals surface area contributed by atoms with Gasteiger partial charge in [-0.2, -0.15) is 18.0 Å². The Balaban J connectivity index is 1.64. The number of urea groups is 1. The highest BCUT2D eigenvalue weighted by molar-refractivity contribution is 6.29. The van der Waals surface area contributed by atoms with Gasteiger partial charge in [0.1, 0.15) is 10.8 Å². The van der Waals surface area contributed by atoms with Gasteiger partial charge in [-0.05, 0) is 29.3 Å². The van der Waals surface area contributed by atoms with E-state index in [1.165, 1.54) is 13.2 Å². The van der Waals surface area contributed by atoms with Crippen molar-refractivity contribution < 1.29 is 18.0 Å². The molecule has 4 aromatic heterocycles. The van der Waals surface area contributed by atoms with E-state index in [0.717, 1.165) is 17.1 Å². The Morgan fingerprint density at radius 2 is 1.91 bits per heavy atom. The number of rotatable bonds is 4. The van der Waals surface area contributed by atoms with Crippen LogP contribution in [-0.4, -0.2) is 41.2 Å². The lowest BCUT2D eigenvalue weighted by Gasteiger charge is -2.17. The van der Waals surface area contributed by atoms with Crippen molar-refractivity contribution in [3.05, 3.63) is 46.9 Å². The van der Waals surface area contributed by atoms with Gasteiger partial charge >= 0.3 is 12.2 Å². The van der Waals surface area contributed by atoms with Crippen LogP contribution < -0.4 is 10.6 Å². The maximum atomic E-state index is 13.7. The average Bonchev–Trinajstić information content (AvgIpc) is 3.18. The molecule has 14 heteroatoms. The SMILES string of the molecule is CC(C)c1c(NC(=O)Nc2cnc(-c3nnn(C)n3)c(C(F)(F)F)c2)cnc2ccc(Cl)nc12. The van der Waals surface area contributed by atoms with Crippen molar-refractivity contribution in [2.24, 2.45) is 7.05 Å². The normalized spacial score (nSPS) is 11.8. The van der Waals surface area contributed by atoms with E-state index in [2.05, 4.69) is 41.0 Å². The maximum Gasteiger partial charge on any atom is 0.418 e. The molecule has 2 N–H and O–H groups in total. The number of aryl methyl sites for hydroxylation is 1. The zero-order valence-corrected chi connectivity index (χ0v) is 18.8. The lowest BCUT2D eigenvalue weighted by atomic mass is 10.0. The zero-order valence-electron chi connectivity index (χ0n) is 18.0. The van der Waals surface area contributed by atoms with Crippen LogP contribution in [0.5, 0.6) is 0 Å². The molecule has 2 amide bonds. The standard InChI is InChI=1S/C20H17ClF3N9O/c1-9(2)15-13(8-25-12-4-5-14(21)29-17(12)15)28-19(34)27-10-6-11(20(22,23)24)16(26-7-10)18-30-32-33(3)31-18/h4-9H,1-3H3,(H2,27,28,34). The molecule has 0 saturated carbocycles. The van der Waals surface area contributed by atoms with Gasteiger partial charge in [-0.3, -0.25) is 4.98 Å². The van der Waals surface area contributed by atoms with Crippen molar-refractivity contribution in [2.75, 3.05) is 10.6 Å². The fourth-order valence-electron chi connectivity index (χ4n) is 3.34. The summed E-state index contributed by atoms with van der Waals surface area (Å²) in [6.07, 6.45) is -2.24. The van der Waals surface area contributed by atoms with Gasteiger partial charge in [0.2, 0.25) is 5.82 Å². The van der Waals surface area contributed by atoms with Gasteiger partial charge in [-0.25, -0.2) is 14.8 Å². The first kappa shape index (κ1) is 23.3. The van der Waals surface area contributed by atoms with Crippen LogP contribution in [0, 0.1) is 0 Å². The zero-order chi connectivity index (χ0) is 24.6. The van der Waals surface area contributed by atoms with Gasteiger partial charge in [0.15, 0.2) is 0 Å². The number of carbonyl (C=O) groups is 1. The van der Waals surface area contributed by atoms with E-state index < -0.39 is 23.5 Å². The minimum atomic E-state index is -4.77. The third-order valence-electron chi connectivity index (χ3n) is 4.71. The number of alkyl halides is 3. The molecule has 0 aromatic carbocycles. The summed E-state index contributed by atoms with van der Waals surface area (Å²) >= 11 is 6.02. The second kappa shape index (κ2) is 8.82. The van der Waals surface area contributed by atoms with E-state index in [1.807, 2.05) is 13.8 Å². The number of anilines is 2. The molecule has 176 valence electrons. The van der Waals surface area contributed by atoms with Crippen LogP contribution >= 0.6 is 11.6 Å². The Bertz CT molecular complexity index is 1390. The molecule has 34 heavy (non-hydrogen) atoms. The summed E-state index contributed by atoms with van der Waals surface area (Å²) < 4.78 is 41.0. The Morgan fingerprint density at radius 1 is 1.15 bits per heavy atom. The van der Waals surface area contributed by atoms with E-state index in [4.69, 9.17) is 11.6 Å². The van der Waals surface area contributed by atoms with Gasteiger partial charge in [0.05, 0.1) is 47.4 Å². The number of hydrogen-bond donors (Lipinski definition) is 2. The summed E-state index contributed by atoms with van der Waals surface area (Å²) in [4.78, 5) is 26.0. The molecule has 0 saturated heterocycles. The predicted molar refractivity (Wildman–Crippen MR) is 118 cm³/mol. The average molecular weight is 492 g/mol. The highest BCUT2D eigenvalue weighted by Crippen LogP contribution is 2.36. The second-order valence-corrected chi connectivity index (χ2v) is 7.93. The molecule has 4 rings (SSSR count). The molecule has 0 aliphatic rings. The lowest BCUT2D eigenvalue weighted by Crippen LogP contribution is -2.21. The van der Waals surface area contributed by atoms with E-state index in [1.54, 1.807) is 12.1 Å². The second-order valence-electron chi connectivity index (χ2n) is 7.54. The quantitative estimate of drug-likeness (QED) is 0.398. The van der Waals surface area contributed by atoms with Crippen molar-refractivity contribution in [2.45, 2.75) is 25.9 Å². The first-order valence-electron chi connectivity index (χ1n) is 9.87. The molecule has 0 spiro atoms. The fourth-order valence-corrected chi connectivity index (χ4v) is 3.48. The third kappa shape index (κ3) is 4.73. The summed E-state index contributed by atoms with van der Waals surface area (Å²) in [6, 6.07) is 3.27. The Labute approximate surface area is 195 Å². The van der Waals surface area contributed by atoms with Crippen molar-refractivity contribution >= 4 is 40.0 Å². The molecular weight excluding hydrogens is 475 g/mol. The predicted octanol–water partition coefficient (Wildman–Crippen LogP) is 4.65. The molecule has 0 aliphatic carbocycles. The van der Waals surface area contributed by atoms with Crippen LogP contribution in [0.1, 0.15) is 30.9 Å². The van der Waals surface area contributed by atoms with Crippen LogP contribution in [0.4, 0.5) is 29.3 Å². The van der Waals surface area contributed by atoms with Crippen molar-refractivity contribution in [3.63, 3.8) is 0 Å². The highest BCUT2D eigenvalue weighted by Gasteiger charge is 2.36. The lowest BCUT2D eigenvalue weighted by molar-refractivity contribution is -0.137. The van der Waals surface area contributed by atoms with Crippen LogP contribution in [0.3, 0.4) is 0 Å². The molecule has 0 unspecified atom stereocenters. The Hall–Kier alpha value is -3.87. The third-order valence-corrected chi connectivity index (χ3v) is 4.93. The number of fused-ring (bicyclic) bond motifs is 1. The maximum absolute atomic E-state index is 13.7. The summed E-state index contributed by atoms with van der Waals surface area (Å²) in [5.74, 6) is -0.357. The summed E-state index contributed by atoms with van der Waals surface area (Å²) in [5.41, 5.74) is 0.328. The van der Waals surface area contributed by atoms with Gasteiger partial charge in [-0.15, -0.1) is 10.2 Å². The molecule has 0 fully saturated rings. The highest BCUT2D eigenvalue weighted by atomic mass is 35.5. The number of halogens is 4. The monoisotopic (exact) mass is 491 g/mol. The van der Waals surface area contributed by atoms with Crippen LogP contribution in [-0.2, 0) is 13.2 Å². The van der Waals surface area contributed by atoms with Crippen LogP contribution in [0.25, 0.3) is 22.6 Å². The minimum absolute atomic E-state index is 0.0657. The number of nitrogens with one attached hydrogen (secondary N) is 2. The molecule has 4 heterocycles. The Kier molecular flexibility index (Phi) is 6.04. The summed E-state index contributed by atoms with van der Waals surface area (Å²) in [6.45, 7) is 3.80. The topological polar surface area (TPSA) is 123 Å². The van der Waals surface area contributed by atoms with Crippen LogP contribution in [0.2, 0.25) is 5.15 Å². The van der Waals surface area contributed by atoms with E-state index >= 15 is 0 Å². The summed E-state index contributed by atoms with van der Waals surface area (Å²) in [5, 5.41) is 16.1. The number of tetrazole rings is 1. The number of nitrogens with zero attached hydrogens (tertiary/aromatic N) is 7. The molecule has 0 bridgehead atoms. The van der Waals surface area contributed by atoms with Crippen molar-refractivity contribution in [1.29, 1.82) is 0 Å². The largest absolute Gasteiger partial charge is 0.418 e. The van der Waals surface area contributed by atoms with Crippen molar-refractivity contribution in [3.8, 4) is 11.5 Å². The fraction of sp³-hybridized carbons (Fsp3) is 0.250. The first-order valence-corrected chi connectivity index (χ1v) is 10.3. The van der Waals surface area contributed by atoms with Gasteiger partial charge in [-0.1, -0.05) is 25.4 Å². The number of pyridine rings is 3. The minimum Gasteiger partial charge on any atom is -0.306 e. The first-order chi connectivity index (χ1) is 16.0. The molecule has 10 nitrogen and oxygen atoms in total. The molecular formula is C20H17ClF3N9O. The van der Waals surface area contributed by atoms with Crippen LogP contribution in [0.15, 0.2) is 30.6 Å². The van der Waals surface area contributed by atoms with Gasteiger partial charge in [0.25, 0.3) is 0 Å². The summed E-state index contributed by atoms with van der Waals surface area (Å²) in [7, 11) is 1.42. The van der Waals surface area contributed by atoms with E-state index in [0.29, 0.717) is 22.3 Å². The number of aromatic nitrogens is 7. The number of hydrogen-bond acceptors (Lipinski definition) is 7. The molecule has 0 atom stereocenters. The molecule has 0 radical (unpaired) electrons. The molecule has 4 aromatic rings.